The lowest BCUT2D eigenvalue weighted by Gasteiger charge is -2.22. The maximum Gasteiger partial charge on any atom is 0.257 e. The van der Waals surface area contributed by atoms with Gasteiger partial charge in [0.2, 0.25) is 5.89 Å². The number of aryl methyl sites for hydroxylation is 1. The molecule has 0 unspecified atom stereocenters. The fourth-order valence-electron chi connectivity index (χ4n) is 3.73. The van der Waals surface area contributed by atoms with Crippen LogP contribution < -0.4 is 0 Å². The molecule has 1 saturated heterocycles. The highest BCUT2D eigenvalue weighted by Gasteiger charge is 2.32. The third-order valence-corrected chi connectivity index (χ3v) is 8.24. The Labute approximate surface area is 174 Å². The molecule has 1 aliphatic heterocycles. The lowest BCUT2D eigenvalue weighted by Crippen LogP contribution is -2.23. The molecule has 0 saturated carbocycles. The quantitative estimate of drug-likeness (QED) is 0.587. The summed E-state index contributed by atoms with van der Waals surface area (Å²) in [6.45, 7) is 6.68. The Balaban J connectivity index is 1.50. The van der Waals surface area contributed by atoms with E-state index < -0.39 is 9.84 Å². The first-order valence-electron chi connectivity index (χ1n) is 9.57. The third-order valence-electron chi connectivity index (χ3n) is 5.63. The average molecular weight is 436 g/mol. The molecule has 4 rings (SSSR count). The van der Waals surface area contributed by atoms with Crippen molar-refractivity contribution in [3.05, 3.63) is 40.4 Å². The highest BCUT2D eigenvalue weighted by molar-refractivity contribution is 7.91. The van der Waals surface area contributed by atoms with E-state index in [1.807, 2.05) is 50.0 Å². The van der Waals surface area contributed by atoms with E-state index in [-0.39, 0.29) is 23.6 Å². The summed E-state index contributed by atoms with van der Waals surface area (Å²) in [7, 11) is -0.941. The predicted octanol–water partition coefficient (Wildman–Crippen LogP) is 3.16. The van der Waals surface area contributed by atoms with Crippen molar-refractivity contribution in [2.45, 2.75) is 45.8 Å². The Morgan fingerprint density at radius 2 is 2.17 bits per heavy atom. The summed E-state index contributed by atoms with van der Waals surface area (Å²) in [5.41, 5.74) is 3.06. The Bertz CT molecular complexity index is 1100. The molecule has 0 bridgehead atoms. The van der Waals surface area contributed by atoms with E-state index in [9.17, 15) is 8.42 Å². The monoisotopic (exact) mass is 435 g/mol. The van der Waals surface area contributed by atoms with Crippen LogP contribution in [-0.2, 0) is 16.4 Å². The van der Waals surface area contributed by atoms with Crippen LogP contribution >= 0.6 is 11.3 Å². The average Bonchev–Trinajstić information content (AvgIpc) is 3.44. The van der Waals surface area contributed by atoms with Gasteiger partial charge in [0.15, 0.2) is 9.84 Å². The summed E-state index contributed by atoms with van der Waals surface area (Å²) in [6, 6.07) is 3.78. The van der Waals surface area contributed by atoms with Crippen molar-refractivity contribution >= 4 is 21.2 Å². The Kier molecular flexibility index (Phi) is 5.34. The maximum absolute atomic E-state index is 11.9. The van der Waals surface area contributed by atoms with Crippen molar-refractivity contribution in [1.29, 1.82) is 0 Å². The molecule has 2 atom stereocenters. The van der Waals surface area contributed by atoms with Crippen molar-refractivity contribution in [2.75, 3.05) is 18.6 Å². The lowest BCUT2D eigenvalue weighted by molar-refractivity contribution is 0.217. The van der Waals surface area contributed by atoms with E-state index >= 15 is 0 Å². The molecular weight excluding hydrogens is 410 g/mol. The van der Waals surface area contributed by atoms with Crippen molar-refractivity contribution in [2.24, 2.45) is 0 Å². The molecule has 8 nitrogen and oxygen atoms in total. The molecular formula is C19H25N5O3S2. The van der Waals surface area contributed by atoms with Crippen molar-refractivity contribution in [1.82, 2.24) is 24.9 Å². The van der Waals surface area contributed by atoms with Gasteiger partial charge in [-0.25, -0.2) is 8.42 Å². The van der Waals surface area contributed by atoms with Gasteiger partial charge in [-0.2, -0.15) is 5.10 Å². The molecule has 156 valence electrons. The van der Waals surface area contributed by atoms with Crippen LogP contribution in [0.5, 0.6) is 0 Å². The fourth-order valence-corrected chi connectivity index (χ4v) is 6.06. The first kappa shape index (κ1) is 20.2. The second-order valence-corrected chi connectivity index (χ2v) is 10.8. The fraction of sp³-hybridized carbons (Fsp3) is 0.526. The van der Waals surface area contributed by atoms with E-state index in [4.69, 9.17) is 4.42 Å². The minimum absolute atomic E-state index is 0.0646. The highest BCUT2D eigenvalue weighted by Crippen LogP contribution is 2.30. The zero-order valence-electron chi connectivity index (χ0n) is 17.0. The normalized spacial score (nSPS) is 19.8. The molecule has 0 aliphatic carbocycles. The molecule has 0 spiro atoms. The molecule has 0 radical (unpaired) electrons. The SMILES string of the molecule is Cc1nn([C@@H]2CCS(=O)(=O)C2)c(C)c1CN(C)[C@@H](C)c1nnc(-c2cccs2)o1. The first-order chi connectivity index (χ1) is 13.7. The number of hydrogen-bond donors (Lipinski definition) is 0. The molecule has 1 fully saturated rings. The molecule has 3 aromatic rings. The summed E-state index contributed by atoms with van der Waals surface area (Å²) < 4.78 is 31.5. The van der Waals surface area contributed by atoms with Gasteiger partial charge >= 0.3 is 0 Å². The van der Waals surface area contributed by atoms with Gasteiger partial charge in [0.1, 0.15) is 0 Å². The molecule has 1 aliphatic rings. The first-order valence-corrected chi connectivity index (χ1v) is 12.3. The van der Waals surface area contributed by atoms with Gasteiger partial charge in [0, 0.05) is 17.8 Å². The zero-order chi connectivity index (χ0) is 20.8. The van der Waals surface area contributed by atoms with Crippen molar-refractivity contribution in [3.63, 3.8) is 0 Å². The largest absolute Gasteiger partial charge is 0.418 e. The maximum atomic E-state index is 11.9. The highest BCUT2D eigenvalue weighted by atomic mass is 32.2. The molecule has 29 heavy (non-hydrogen) atoms. The van der Waals surface area contributed by atoms with E-state index in [1.165, 1.54) is 0 Å². The number of aromatic nitrogens is 4. The summed E-state index contributed by atoms with van der Waals surface area (Å²) in [4.78, 5) is 3.09. The molecule has 3 aromatic heterocycles. The lowest BCUT2D eigenvalue weighted by atomic mass is 10.1. The van der Waals surface area contributed by atoms with Crippen LogP contribution in [0.4, 0.5) is 0 Å². The van der Waals surface area contributed by atoms with Gasteiger partial charge in [0.25, 0.3) is 5.89 Å². The Hall–Kier alpha value is -2.04. The van der Waals surface area contributed by atoms with Crippen LogP contribution in [0.2, 0.25) is 0 Å². The molecule has 0 amide bonds. The summed E-state index contributed by atoms with van der Waals surface area (Å²) in [5.74, 6) is 1.53. The Morgan fingerprint density at radius 1 is 1.38 bits per heavy atom. The third kappa shape index (κ3) is 4.01. The molecule has 0 N–H and O–H groups in total. The standard InChI is InChI=1S/C19H25N5O3S2/c1-12-16(13(2)24(22-12)15-7-9-29(25,26)11-15)10-23(4)14(3)18-20-21-19(27-18)17-6-5-8-28-17/h5-6,8,14-15H,7,9-11H2,1-4H3/t14-,15+/m0/s1. The number of thiophene rings is 1. The Morgan fingerprint density at radius 3 is 2.83 bits per heavy atom. The van der Waals surface area contributed by atoms with Gasteiger partial charge in [0.05, 0.1) is 34.2 Å². The summed E-state index contributed by atoms with van der Waals surface area (Å²) >= 11 is 1.57. The van der Waals surface area contributed by atoms with E-state index in [1.54, 1.807) is 11.3 Å². The topological polar surface area (TPSA) is 94.1 Å². The summed E-state index contributed by atoms with van der Waals surface area (Å²) in [5, 5.41) is 15.0. The van der Waals surface area contributed by atoms with Gasteiger partial charge in [-0.1, -0.05) is 6.07 Å². The van der Waals surface area contributed by atoms with Gasteiger partial charge < -0.3 is 4.42 Å². The second kappa shape index (κ2) is 7.66. The van der Waals surface area contributed by atoms with Crippen LogP contribution in [0.3, 0.4) is 0 Å². The van der Waals surface area contributed by atoms with Crippen LogP contribution in [0.25, 0.3) is 10.8 Å². The van der Waals surface area contributed by atoms with Gasteiger partial charge in [-0.05, 0) is 45.7 Å². The van der Waals surface area contributed by atoms with Crippen LogP contribution in [0.15, 0.2) is 21.9 Å². The minimum Gasteiger partial charge on any atom is -0.418 e. The van der Waals surface area contributed by atoms with E-state index in [0.717, 1.165) is 21.8 Å². The minimum atomic E-state index is -2.95. The number of sulfone groups is 1. The summed E-state index contributed by atoms with van der Waals surface area (Å²) in [6.07, 6.45) is 0.628. The number of hydrogen-bond acceptors (Lipinski definition) is 8. The van der Waals surface area contributed by atoms with Crippen molar-refractivity contribution < 1.29 is 12.8 Å². The van der Waals surface area contributed by atoms with Crippen molar-refractivity contribution in [3.8, 4) is 10.8 Å². The van der Waals surface area contributed by atoms with Gasteiger partial charge in [-0.15, -0.1) is 21.5 Å². The van der Waals surface area contributed by atoms with Gasteiger partial charge in [-0.3, -0.25) is 9.58 Å². The second-order valence-electron chi connectivity index (χ2n) is 7.66. The van der Waals surface area contributed by atoms with Crippen LogP contribution in [-0.4, -0.2) is 51.8 Å². The van der Waals surface area contributed by atoms with E-state index in [2.05, 4.69) is 20.2 Å². The predicted molar refractivity (Wildman–Crippen MR) is 112 cm³/mol. The van der Waals surface area contributed by atoms with E-state index in [0.29, 0.717) is 24.7 Å². The van der Waals surface area contributed by atoms with Crippen LogP contribution in [0, 0.1) is 13.8 Å². The smallest absolute Gasteiger partial charge is 0.257 e. The number of rotatable bonds is 6. The molecule has 10 heteroatoms. The molecule has 4 heterocycles. The molecule has 0 aromatic carbocycles. The zero-order valence-corrected chi connectivity index (χ0v) is 18.6. The van der Waals surface area contributed by atoms with Crippen LogP contribution in [0.1, 0.15) is 48.3 Å². The number of nitrogens with zero attached hydrogens (tertiary/aromatic N) is 5.